The molecule has 0 saturated carbocycles. The van der Waals surface area contributed by atoms with E-state index in [0.29, 0.717) is 10.4 Å². The van der Waals surface area contributed by atoms with E-state index in [1.54, 1.807) is 17.8 Å². The smallest absolute Gasteiger partial charge is 0.282 e. The second-order valence-electron chi connectivity index (χ2n) is 6.15. The van der Waals surface area contributed by atoms with E-state index in [1.165, 1.54) is 0 Å². The second-order valence-corrected chi connectivity index (χ2v) is 9.01. The summed E-state index contributed by atoms with van der Waals surface area (Å²) in [7, 11) is 0. The van der Waals surface area contributed by atoms with Gasteiger partial charge in [0.25, 0.3) is 5.91 Å². The van der Waals surface area contributed by atoms with Gasteiger partial charge < -0.3 is 23.0 Å². The molecule has 0 aromatic carbocycles. The van der Waals surface area contributed by atoms with Crippen molar-refractivity contribution in [2.24, 2.45) is 0 Å². The van der Waals surface area contributed by atoms with Crippen LogP contribution in [0.25, 0.3) is 0 Å². The van der Waals surface area contributed by atoms with Crippen molar-refractivity contribution in [2.45, 2.75) is 47.8 Å². The number of pyridine rings is 1. The highest BCUT2D eigenvalue weighted by Gasteiger charge is 2.36. The number of halogens is 2. The molecular weight excluding hydrogens is 373 g/mol. The average molecular weight is 396 g/mol. The summed E-state index contributed by atoms with van der Waals surface area (Å²) >= 11 is 12.1. The summed E-state index contributed by atoms with van der Waals surface area (Å²) in [5, 5.41) is 1.94. The molecule has 130 valence electrons. The van der Waals surface area contributed by atoms with Crippen LogP contribution in [0.2, 0.25) is 5.15 Å². The van der Waals surface area contributed by atoms with E-state index in [4.69, 9.17) is 11.6 Å². The van der Waals surface area contributed by atoms with Gasteiger partial charge in [-0.1, -0.05) is 17.7 Å². The molecule has 1 aliphatic heterocycles. The van der Waals surface area contributed by atoms with Crippen LogP contribution in [0.1, 0.15) is 26.7 Å². The molecule has 4 nitrogen and oxygen atoms in total. The van der Waals surface area contributed by atoms with Gasteiger partial charge >= 0.3 is 0 Å². The Morgan fingerprint density at radius 2 is 2.09 bits per heavy atom. The molecule has 1 amide bonds. The number of carbonyl (C=O) groups is 1. The lowest BCUT2D eigenvalue weighted by molar-refractivity contribution is -0.411. The molecule has 8 heteroatoms. The molecule has 1 aliphatic rings. The molecule has 1 aromatic heterocycles. The molecule has 0 unspecified atom stereocenters. The van der Waals surface area contributed by atoms with Gasteiger partial charge in [-0.2, -0.15) is 12.6 Å². The third kappa shape index (κ3) is 6.02. The summed E-state index contributed by atoms with van der Waals surface area (Å²) in [6.07, 6.45) is 1.93. The number of likely N-dealkylation sites (tertiary alicyclic amines) is 1. The fourth-order valence-corrected chi connectivity index (χ4v) is 3.76. The van der Waals surface area contributed by atoms with Crippen molar-refractivity contribution in [1.29, 1.82) is 0 Å². The number of rotatable bonds is 4. The summed E-state index contributed by atoms with van der Waals surface area (Å²) in [6, 6.07) is 5.34. The number of quaternary nitrogens is 1. The quantitative estimate of drug-likeness (QED) is 0.515. The molecule has 3 N–H and O–H groups in total. The Balaban J connectivity index is 0.00000264. The Hall–Kier alpha value is -0.140. The van der Waals surface area contributed by atoms with Crippen LogP contribution in [0.5, 0.6) is 0 Å². The van der Waals surface area contributed by atoms with Gasteiger partial charge in [0.2, 0.25) is 0 Å². The summed E-state index contributed by atoms with van der Waals surface area (Å²) in [4.78, 5) is 18.7. The van der Waals surface area contributed by atoms with Gasteiger partial charge in [0.05, 0.1) is 9.77 Å². The Morgan fingerprint density at radius 3 is 2.61 bits per heavy atom. The van der Waals surface area contributed by atoms with Crippen LogP contribution in [0.15, 0.2) is 23.2 Å². The Bertz CT molecular complexity index is 532. The lowest BCUT2D eigenvalue weighted by atomic mass is 10.0. The number of amides is 1. The normalized spacial score (nSPS) is 17.5. The first-order valence-corrected chi connectivity index (χ1v) is 9.11. The van der Waals surface area contributed by atoms with E-state index in [9.17, 15) is 4.79 Å². The van der Waals surface area contributed by atoms with Gasteiger partial charge in [0, 0.05) is 18.3 Å². The molecule has 23 heavy (non-hydrogen) atoms. The van der Waals surface area contributed by atoms with E-state index in [-0.39, 0.29) is 24.4 Å². The van der Waals surface area contributed by atoms with E-state index in [2.05, 4.69) is 23.3 Å². The topological polar surface area (TPSA) is 60.8 Å². The third-order valence-corrected chi connectivity index (χ3v) is 5.68. The first-order chi connectivity index (χ1) is 10.3. The van der Waals surface area contributed by atoms with E-state index < -0.39 is 4.75 Å². The zero-order valence-corrected chi connectivity index (χ0v) is 16.6. The van der Waals surface area contributed by atoms with Gasteiger partial charge in [-0.15, -0.1) is 11.8 Å². The van der Waals surface area contributed by atoms with Crippen molar-refractivity contribution in [1.82, 2.24) is 9.88 Å². The van der Waals surface area contributed by atoms with Crippen LogP contribution in [0.3, 0.4) is 0 Å². The molecule has 1 atom stereocenters. The average Bonchev–Trinajstić information content (AvgIpc) is 2.45. The predicted octanol–water partition coefficient (Wildman–Crippen LogP) is -0.859. The van der Waals surface area contributed by atoms with Crippen LogP contribution in [-0.4, -0.2) is 44.9 Å². The molecule has 2 rings (SSSR count). The summed E-state index contributed by atoms with van der Waals surface area (Å²) in [5.74, 6) is 0.101. The first-order valence-electron chi connectivity index (χ1n) is 7.41. The SMILES string of the molecule is CC(C)(S)[C@@H]([NH3+])C(=O)N1CCC(Sc2cccc(Cl)n2)CC1.[Cl-]. The molecule has 0 radical (unpaired) electrons. The Labute approximate surface area is 158 Å². The highest BCUT2D eigenvalue weighted by atomic mass is 35.5. The Morgan fingerprint density at radius 1 is 1.48 bits per heavy atom. The fourth-order valence-electron chi connectivity index (χ4n) is 2.34. The monoisotopic (exact) mass is 395 g/mol. The molecule has 0 bridgehead atoms. The highest BCUT2D eigenvalue weighted by Crippen LogP contribution is 2.30. The molecule has 0 aliphatic carbocycles. The maximum Gasteiger partial charge on any atom is 0.282 e. The molecule has 1 aromatic rings. The van der Waals surface area contributed by atoms with Gasteiger partial charge in [-0.3, -0.25) is 4.79 Å². The van der Waals surface area contributed by atoms with E-state index in [1.807, 2.05) is 30.9 Å². The summed E-state index contributed by atoms with van der Waals surface area (Å²) in [6.45, 7) is 5.40. The number of hydrogen-bond donors (Lipinski definition) is 2. The Kier molecular flexibility index (Phi) is 8.01. The minimum absolute atomic E-state index is 0. The van der Waals surface area contributed by atoms with Gasteiger partial charge in [0.15, 0.2) is 6.04 Å². The minimum atomic E-state index is -0.395. The molecule has 2 heterocycles. The lowest BCUT2D eigenvalue weighted by Crippen LogP contribution is -3.00. The van der Waals surface area contributed by atoms with E-state index >= 15 is 0 Å². The zero-order chi connectivity index (χ0) is 16.3. The number of nitrogens with zero attached hydrogens (tertiary/aromatic N) is 2. The van der Waals surface area contributed by atoms with E-state index in [0.717, 1.165) is 31.0 Å². The third-order valence-electron chi connectivity index (χ3n) is 3.88. The van der Waals surface area contributed by atoms with Crippen LogP contribution < -0.4 is 18.1 Å². The molecule has 1 fully saturated rings. The summed E-state index contributed by atoms with van der Waals surface area (Å²) < 4.78 is -0.395. The predicted molar refractivity (Wildman–Crippen MR) is 94.4 cm³/mol. The molecular formula is C15H23Cl2N3OS2. The second kappa shape index (κ2) is 8.81. The lowest BCUT2D eigenvalue weighted by Gasteiger charge is -2.34. The molecule has 0 spiro atoms. The van der Waals surface area contributed by atoms with Crippen LogP contribution in [0.4, 0.5) is 0 Å². The van der Waals surface area contributed by atoms with Crippen LogP contribution in [0, 0.1) is 0 Å². The number of thioether (sulfide) groups is 1. The maximum atomic E-state index is 12.4. The van der Waals surface area contributed by atoms with Gasteiger partial charge in [-0.25, -0.2) is 4.98 Å². The van der Waals surface area contributed by atoms with Crippen molar-refractivity contribution >= 4 is 41.9 Å². The van der Waals surface area contributed by atoms with Crippen molar-refractivity contribution in [3.8, 4) is 0 Å². The summed E-state index contributed by atoms with van der Waals surface area (Å²) in [5.41, 5.74) is 3.98. The standard InChI is InChI=1S/C15H22ClN3OS2.ClH/c1-15(2,21)13(17)14(20)19-8-6-10(7-9-19)22-12-5-3-4-11(16)18-12;/h3-5,10,13,21H,6-9,17H2,1-2H3;1H/t13-;/m0./s1. The van der Waals surface area contributed by atoms with Crippen LogP contribution >= 0.6 is 36.0 Å². The van der Waals surface area contributed by atoms with Crippen molar-refractivity contribution in [3.05, 3.63) is 23.4 Å². The maximum absolute atomic E-state index is 12.4. The molecule has 1 saturated heterocycles. The van der Waals surface area contributed by atoms with Gasteiger partial charge in [-0.05, 0) is 38.8 Å². The van der Waals surface area contributed by atoms with Crippen molar-refractivity contribution in [2.75, 3.05) is 13.1 Å². The number of aromatic nitrogens is 1. The number of hydrogen-bond acceptors (Lipinski definition) is 4. The van der Waals surface area contributed by atoms with Crippen molar-refractivity contribution < 1.29 is 22.9 Å². The van der Waals surface area contributed by atoms with Gasteiger partial charge in [0.1, 0.15) is 5.15 Å². The number of piperidine rings is 1. The largest absolute Gasteiger partial charge is 1.00 e. The first kappa shape index (κ1) is 20.9. The fraction of sp³-hybridized carbons (Fsp3) is 0.600. The minimum Gasteiger partial charge on any atom is -1.00 e. The number of thiol groups is 1. The number of carbonyl (C=O) groups excluding carboxylic acids is 1. The van der Waals surface area contributed by atoms with Crippen molar-refractivity contribution in [3.63, 3.8) is 0 Å². The van der Waals surface area contributed by atoms with Crippen LogP contribution in [-0.2, 0) is 4.79 Å². The highest BCUT2D eigenvalue weighted by molar-refractivity contribution is 7.99. The zero-order valence-electron chi connectivity index (χ0n) is 13.3.